The van der Waals surface area contributed by atoms with Gasteiger partial charge in [0.05, 0.1) is 18.1 Å². The molecule has 3 aromatic rings. The molecule has 1 aromatic heterocycles. The molecule has 4 rings (SSSR count). The number of sulfonamides is 1. The maximum Gasteiger partial charge on any atom is 0.261 e. The molecule has 1 aliphatic heterocycles. The predicted octanol–water partition coefficient (Wildman–Crippen LogP) is 3.46. The summed E-state index contributed by atoms with van der Waals surface area (Å²) in [5.41, 5.74) is 1.37. The van der Waals surface area contributed by atoms with Crippen LogP contribution in [-0.4, -0.2) is 49.9 Å². The molecule has 1 amide bonds. The van der Waals surface area contributed by atoms with Crippen molar-refractivity contribution in [3.8, 4) is 11.6 Å². The Morgan fingerprint density at radius 2 is 1.81 bits per heavy atom. The van der Waals surface area contributed by atoms with Crippen LogP contribution >= 0.6 is 0 Å². The lowest BCUT2D eigenvalue weighted by Crippen LogP contribution is -2.40. The lowest BCUT2D eigenvalue weighted by molar-refractivity contribution is 0.0730. The summed E-state index contributed by atoms with van der Waals surface area (Å²) in [7, 11) is -3.69. The van der Waals surface area contributed by atoms with E-state index in [2.05, 4.69) is 10.3 Å². The first kappa shape index (κ1) is 21.9. The van der Waals surface area contributed by atoms with E-state index < -0.39 is 15.9 Å². The van der Waals surface area contributed by atoms with Gasteiger partial charge in [0.15, 0.2) is 0 Å². The fourth-order valence-electron chi connectivity index (χ4n) is 3.27. The second-order valence-electron chi connectivity index (χ2n) is 7.22. The Balaban J connectivity index is 1.58. The Kier molecular flexibility index (Phi) is 6.50. The summed E-state index contributed by atoms with van der Waals surface area (Å²) in [6.07, 6.45) is 1.54. The topological polar surface area (TPSA) is 97.8 Å². The van der Waals surface area contributed by atoms with Crippen LogP contribution in [0.2, 0.25) is 0 Å². The van der Waals surface area contributed by atoms with Crippen LogP contribution in [0.15, 0.2) is 71.8 Å². The summed E-state index contributed by atoms with van der Waals surface area (Å²) < 4.78 is 38.4. The Labute approximate surface area is 186 Å². The van der Waals surface area contributed by atoms with Crippen molar-refractivity contribution < 1.29 is 22.7 Å². The number of ether oxygens (including phenoxy) is 2. The zero-order valence-corrected chi connectivity index (χ0v) is 18.3. The summed E-state index contributed by atoms with van der Waals surface area (Å²) in [6, 6.07) is 17.0. The van der Waals surface area contributed by atoms with Gasteiger partial charge >= 0.3 is 0 Å². The number of nitrogens with one attached hydrogen (secondary N) is 1. The van der Waals surface area contributed by atoms with Crippen molar-refractivity contribution in [1.82, 2.24) is 9.29 Å². The van der Waals surface area contributed by atoms with E-state index in [4.69, 9.17) is 9.47 Å². The molecule has 8 nitrogen and oxygen atoms in total. The van der Waals surface area contributed by atoms with Crippen LogP contribution in [0.3, 0.4) is 0 Å². The van der Waals surface area contributed by atoms with Crippen molar-refractivity contribution in [2.24, 2.45) is 0 Å². The van der Waals surface area contributed by atoms with Crippen molar-refractivity contribution in [1.29, 1.82) is 0 Å². The van der Waals surface area contributed by atoms with Gasteiger partial charge in [0.2, 0.25) is 15.9 Å². The first-order valence-electron chi connectivity index (χ1n) is 10.1. The Bertz CT molecular complexity index is 1210. The quantitative estimate of drug-likeness (QED) is 0.614. The lowest BCUT2D eigenvalue weighted by atomic mass is 10.2. The molecule has 0 saturated carbocycles. The molecule has 0 radical (unpaired) electrons. The first-order valence-corrected chi connectivity index (χ1v) is 11.6. The molecule has 0 spiro atoms. The van der Waals surface area contributed by atoms with Crippen LogP contribution in [0.4, 0.5) is 5.69 Å². The van der Waals surface area contributed by atoms with Crippen LogP contribution in [-0.2, 0) is 14.8 Å². The number of aryl methyl sites for hydroxylation is 1. The molecule has 32 heavy (non-hydrogen) atoms. The number of aromatic nitrogens is 1. The van der Waals surface area contributed by atoms with Crippen molar-refractivity contribution >= 4 is 21.6 Å². The summed E-state index contributed by atoms with van der Waals surface area (Å²) in [6.45, 7) is 3.12. The van der Waals surface area contributed by atoms with Crippen LogP contribution in [0.5, 0.6) is 11.6 Å². The highest BCUT2D eigenvalue weighted by Crippen LogP contribution is 2.26. The zero-order valence-electron chi connectivity index (χ0n) is 17.5. The average Bonchev–Trinajstić information content (AvgIpc) is 2.82. The summed E-state index contributed by atoms with van der Waals surface area (Å²) in [5, 5.41) is 2.80. The number of anilines is 1. The van der Waals surface area contributed by atoms with Gasteiger partial charge < -0.3 is 14.8 Å². The molecule has 9 heteroatoms. The zero-order chi connectivity index (χ0) is 22.6. The van der Waals surface area contributed by atoms with Crippen LogP contribution < -0.4 is 10.1 Å². The maximum absolute atomic E-state index is 13.0. The lowest BCUT2D eigenvalue weighted by Gasteiger charge is -2.26. The van der Waals surface area contributed by atoms with Gasteiger partial charge in [0.1, 0.15) is 11.3 Å². The highest BCUT2D eigenvalue weighted by atomic mass is 32.2. The standard InChI is InChI=1S/C23H23N3O5S/c1-17-9-10-19(32(28,29)26-12-14-30-15-13-26)16-21(17)25-22(27)20-8-5-11-24-23(20)31-18-6-3-2-4-7-18/h2-11,16H,12-15H2,1H3,(H,25,27). The molecule has 0 aliphatic carbocycles. The van der Waals surface area contributed by atoms with E-state index in [1.807, 2.05) is 18.2 Å². The molecule has 166 valence electrons. The second-order valence-corrected chi connectivity index (χ2v) is 9.16. The van der Waals surface area contributed by atoms with Gasteiger partial charge in [-0.2, -0.15) is 4.31 Å². The van der Waals surface area contributed by atoms with E-state index in [0.29, 0.717) is 37.7 Å². The van der Waals surface area contributed by atoms with Crippen LogP contribution in [0, 0.1) is 6.92 Å². The molecule has 0 atom stereocenters. The molecule has 1 fully saturated rings. The number of carbonyl (C=O) groups is 1. The molecule has 1 N–H and O–H groups in total. The molecule has 2 heterocycles. The molecule has 0 unspecified atom stereocenters. The second kappa shape index (κ2) is 9.47. The smallest absolute Gasteiger partial charge is 0.261 e. The van der Waals surface area contributed by atoms with E-state index in [9.17, 15) is 13.2 Å². The molecule has 1 aliphatic rings. The fourth-order valence-corrected chi connectivity index (χ4v) is 4.70. The van der Waals surface area contributed by atoms with E-state index >= 15 is 0 Å². The van der Waals surface area contributed by atoms with Gasteiger partial charge in [-0.05, 0) is 48.9 Å². The van der Waals surface area contributed by atoms with Crippen molar-refractivity contribution in [3.05, 3.63) is 78.0 Å². The first-order chi connectivity index (χ1) is 15.4. The van der Waals surface area contributed by atoms with Gasteiger partial charge in [-0.1, -0.05) is 24.3 Å². The summed E-state index contributed by atoms with van der Waals surface area (Å²) >= 11 is 0. The van der Waals surface area contributed by atoms with Crippen LogP contribution in [0.1, 0.15) is 15.9 Å². The number of carbonyl (C=O) groups excluding carboxylic acids is 1. The molecule has 1 saturated heterocycles. The molecular weight excluding hydrogens is 430 g/mol. The number of para-hydroxylation sites is 1. The van der Waals surface area contributed by atoms with Crippen molar-refractivity contribution in [2.45, 2.75) is 11.8 Å². The van der Waals surface area contributed by atoms with Gasteiger partial charge in [-0.25, -0.2) is 13.4 Å². The highest BCUT2D eigenvalue weighted by Gasteiger charge is 2.27. The van der Waals surface area contributed by atoms with Gasteiger partial charge in [0.25, 0.3) is 5.91 Å². The SMILES string of the molecule is Cc1ccc(S(=O)(=O)N2CCOCC2)cc1NC(=O)c1cccnc1Oc1ccccc1. The van der Waals surface area contributed by atoms with Gasteiger partial charge in [-0.3, -0.25) is 4.79 Å². The van der Waals surface area contributed by atoms with E-state index in [0.717, 1.165) is 5.56 Å². The fraction of sp³-hybridized carbons (Fsp3) is 0.217. The number of morpholine rings is 1. The minimum absolute atomic E-state index is 0.118. The Morgan fingerprint density at radius 3 is 2.56 bits per heavy atom. The molecule has 2 aromatic carbocycles. The molecular formula is C23H23N3O5S. The van der Waals surface area contributed by atoms with E-state index in [1.165, 1.54) is 16.6 Å². The largest absolute Gasteiger partial charge is 0.438 e. The van der Waals surface area contributed by atoms with Crippen molar-refractivity contribution in [2.75, 3.05) is 31.6 Å². The third-order valence-corrected chi connectivity index (χ3v) is 6.93. The highest BCUT2D eigenvalue weighted by molar-refractivity contribution is 7.89. The van der Waals surface area contributed by atoms with Crippen LogP contribution in [0.25, 0.3) is 0 Å². The summed E-state index contributed by atoms with van der Waals surface area (Å²) in [5.74, 6) is 0.258. The number of rotatable bonds is 6. The average molecular weight is 454 g/mol. The third-order valence-electron chi connectivity index (χ3n) is 5.04. The number of benzene rings is 2. The van der Waals surface area contributed by atoms with Gasteiger partial charge in [-0.15, -0.1) is 0 Å². The van der Waals surface area contributed by atoms with Gasteiger partial charge in [0, 0.05) is 25.0 Å². The summed E-state index contributed by atoms with van der Waals surface area (Å²) in [4.78, 5) is 17.3. The molecule has 0 bridgehead atoms. The third kappa shape index (κ3) is 4.80. The number of pyridine rings is 1. The Morgan fingerprint density at radius 1 is 1.06 bits per heavy atom. The number of hydrogen-bond acceptors (Lipinski definition) is 6. The monoisotopic (exact) mass is 453 g/mol. The number of amides is 1. The minimum Gasteiger partial charge on any atom is -0.438 e. The normalized spacial score (nSPS) is 14.7. The van der Waals surface area contributed by atoms with Crippen molar-refractivity contribution in [3.63, 3.8) is 0 Å². The number of nitrogens with zero attached hydrogens (tertiary/aromatic N) is 2. The van der Waals surface area contributed by atoms with E-state index in [-0.39, 0.29) is 16.3 Å². The Hall–Kier alpha value is -3.27. The van der Waals surface area contributed by atoms with E-state index in [1.54, 1.807) is 43.3 Å². The minimum atomic E-state index is -3.69. The predicted molar refractivity (Wildman–Crippen MR) is 119 cm³/mol. The number of hydrogen-bond donors (Lipinski definition) is 1. The maximum atomic E-state index is 13.0.